The maximum absolute atomic E-state index is 12.2. The van der Waals surface area contributed by atoms with Crippen LogP contribution in [0.4, 0.5) is 0 Å². The highest BCUT2D eigenvalue weighted by molar-refractivity contribution is 6.32. The number of hydrogen-bond acceptors (Lipinski definition) is 4. The monoisotopic (exact) mass is 396 g/mol. The molecule has 1 amide bonds. The average Bonchev–Trinajstić information content (AvgIpc) is 2.67. The Labute approximate surface area is 164 Å². The highest BCUT2D eigenvalue weighted by Gasteiger charge is 2.20. The first kappa shape index (κ1) is 20.5. The van der Waals surface area contributed by atoms with E-state index in [0.29, 0.717) is 43.7 Å². The predicted octanol–water partition coefficient (Wildman–Crippen LogP) is 2.95. The molecule has 3 rings (SSSR count). The van der Waals surface area contributed by atoms with Gasteiger partial charge in [0.05, 0.1) is 18.2 Å². The molecule has 1 unspecified atom stereocenters. The molecule has 2 N–H and O–H groups in total. The molecule has 1 aliphatic heterocycles. The zero-order chi connectivity index (χ0) is 17.5. The van der Waals surface area contributed by atoms with E-state index in [2.05, 4.69) is 10.6 Å². The number of ether oxygens (including phenoxy) is 2. The number of benzene rings is 2. The molecule has 0 aromatic heterocycles. The molecular formula is C19H22Cl2N2O3. The molecule has 2 aromatic carbocycles. The number of nitrogens with one attached hydrogen (secondary N) is 2. The molecule has 0 bridgehead atoms. The first-order valence-electron chi connectivity index (χ1n) is 8.27. The number of amides is 1. The molecule has 0 aliphatic carbocycles. The van der Waals surface area contributed by atoms with E-state index in [0.717, 1.165) is 11.1 Å². The van der Waals surface area contributed by atoms with Gasteiger partial charge in [0.15, 0.2) is 0 Å². The summed E-state index contributed by atoms with van der Waals surface area (Å²) in [6, 6.07) is 14.9. The molecule has 140 valence electrons. The summed E-state index contributed by atoms with van der Waals surface area (Å²) in [5.74, 6) is 0.591. The first-order chi connectivity index (χ1) is 12.2. The Bertz CT molecular complexity index is 721. The largest absolute Gasteiger partial charge is 0.487 e. The Balaban J connectivity index is 0.00000243. The number of halogens is 2. The lowest BCUT2D eigenvalue weighted by atomic mass is 10.1. The number of hydrogen-bond donors (Lipinski definition) is 2. The molecule has 0 radical (unpaired) electrons. The van der Waals surface area contributed by atoms with Crippen LogP contribution in [-0.2, 0) is 22.7 Å². The molecular weight excluding hydrogens is 375 g/mol. The SMILES string of the molecule is Cl.O=C(NCc1ccccc1COc1ccccc1Cl)C1COCCN1. The minimum Gasteiger partial charge on any atom is -0.487 e. The van der Waals surface area contributed by atoms with Crippen molar-refractivity contribution in [2.45, 2.75) is 19.2 Å². The van der Waals surface area contributed by atoms with Gasteiger partial charge in [0, 0.05) is 13.1 Å². The van der Waals surface area contributed by atoms with Gasteiger partial charge in [-0.1, -0.05) is 48.0 Å². The van der Waals surface area contributed by atoms with Crippen LogP contribution in [0.3, 0.4) is 0 Å². The van der Waals surface area contributed by atoms with E-state index in [4.69, 9.17) is 21.1 Å². The number of carbonyl (C=O) groups excluding carboxylic acids is 1. The molecule has 1 atom stereocenters. The van der Waals surface area contributed by atoms with E-state index in [1.807, 2.05) is 42.5 Å². The summed E-state index contributed by atoms with van der Waals surface area (Å²) in [4.78, 5) is 12.2. The summed E-state index contributed by atoms with van der Waals surface area (Å²) in [5, 5.41) is 6.68. The van der Waals surface area contributed by atoms with Crippen LogP contribution < -0.4 is 15.4 Å². The first-order valence-corrected chi connectivity index (χ1v) is 8.65. The average molecular weight is 397 g/mol. The Morgan fingerprint density at radius 2 is 1.92 bits per heavy atom. The van der Waals surface area contributed by atoms with E-state index in [9.17, 15) is 4.79 Å². The standard InChI is InChI=1S/C19H21ClN2O3.ClH/c20-16-7-3-4-8-18(16)25-12-15-6-2-1-5-14(15)11-22-19(23)17-13-24-10-9-21-17;/h1-8,17,21H,9-13H2,(H,22,23);1H. The van der Waals surface area contributed by atoms with Crippen LogP contribution in [0.1, 0.15) is 11.1 Å². The normalized spacial score (nSPS) is 16.4. The van der Waals surface area contributed by atoms with Gasteiger partial charge >= 0.3 is 0 Å². The fourth-order valence-electron chi connectivity index (χ4n) is 2.63. The third-order valence-electron chi connectivity index (χ3n) is 4.03. The van der Waals surface area contributed by atoms with Gasteiger partial charge in [0.1, 0.15) is 18.4 Å². The third-order valence-corrected chi connectivity index (χ3v) is 4.34. The van der Waals surface area contributed by atoms with Crippen LogP contribution in [0.5, 0.6) is 5.75 Å². The maximum Gasteiger partial charge on any atom is 0.239 e. The van der Waals surface area contributed by atoms with Crippen LogP contribution in [0, 0.1) is 0 Å². The molecule has 26 heavy (non-hydrogen) atoms. The maximum atomic E-state index is 12.2. The summed E-state index contributed by atoms with van der Waals surface area (Å²) in [5.41, 5.74) is 2.02. The van der Waals surface area contributed by atoms with Crippen molar-refractivity contribution in [2.75, 3.05) is 19.8 Å². The third kappa shape index (κ3) is 5.61. The van der Waals surface area contributed by atoms with Gasteiger partial charge < -0.3 is 20.1 Å². The number of morpholine rings is 1. The van der Waals surface area contributed by atoms with Crippen molar-refractivity contribution in [3.63, 3.8) is 0 Å². The van der Waals surface area contributed by atoms with Crippen molar-refractivity contribution < 1.29 is 14.3 Å². The Morgan fingerprint density at radius 3 is 2.65 bits per heavy atom. The van der Waals surface area contributed by atoms with Crippen molar-refractivity contribution in [1.29, 1.82) is 0 Å². The molecule has 5 nitrogen and oxygen atoms in total. The fraction of sp³-hybridized carbons (Fsp3) is 0.316. The van der Waals surface area contributed by atoms with Crippen molar-refractivity contribution in [3.05, 3.63) is 64.7 Å². The number of carbonyl (C=O) groups is 1. The van der Waals surface area contributed by atoms with Crippen LogP contribution in [0.25, 0.3) is 0 Å². The second-order valence-electron chi connectivity index (χ2n) is 5.79. The Hall–Kier alpha value is -1.79. The smallest absolute Gasteiger partial charge is 0.239 e. The molecule has 0 spiro atoms. The number of para-hydroxylation sites is 1. The van der Waals surface area contributed by atoms with Crippen molar-refractivity contribution in [1.82, 2.24) is 10.6 Å². The minimum absolute atomic E-state index is 0. The van der Waals surface area contributed by atoms with E-state index in [1.54, 1.807) is 6.07 Å². The van der Waals surface area contributed by atoms with Crippen molar-refractivity contribution >= 4 is 29.9 Å². The topological polar surface area (TPSA) is 59.6 Å². The van der Waals surface area contributed by atoms with Gasteiger partial charge in [-0.2, -0.15) is 0 Å². The molecule has 1 fully saturated rings. The molecule has 7 heteroatoms. The van der Waals surface area contributed by atoms with Gasteiger partial charge in [-0.15, -0.1) is 12.4 Å². The minimum atomic E-state index is -0.291. The highest BCUT2D eigenvalue weighted by atomic mass is 35.5. The highest BCUT2D eigenvalue weighted by Crippen LogP contribution is 2.24. The van der Waals surface area contributed by atoms with Gasteiger partial charge in [-0.3, -0.25) is 4.79 Å². The van der Waals surface area contributed by atoms with E-state index >= 15 is 0 Å². The van der Waals surface area contributed by atoms with Crippen LogP contribution >= 0.6 is 24.0 Å². The lowest BCUT2D eigenvalue weighted by Gasteiger charge is -2.23. The van der Waals surface area contributed by atoms with Gasteiger partial charge in [-0.25, -0.2) is 0 Å². The second-order valence-corrected chi connectivity index (χ2v) is 6.19. The lowest BCUT2D eigenvalue weighted by molar-refractivity contribution is -0.126. The van der Waals surface area contributed by atoms with Gasteiger partial charge in [0.25, 0.3) is 0 Å². The Kier molecular flexibility index (Phi) is 8.19. The summed E-state index contributed by atoms with van der Waals surface area (Å²) in [7, 11) is 0. The molecule has 2 aromatic rings. The van der Waals surface area contributed by atoms with E-state index < -0.39 is 0 Å². The summed E-state index contributed by atoms with van der Waals surface area (Å²) in [6.45, 7) is 2.58. The lowest BCUT2D eigenvalue weighted by Crippen LogP contribution is -2.51. The van der Waals surface area contributed by atoms with Crippen molar-refractivity contribution in [2.24, 2.45) is 0 Å². The van der Waals surface area contributed by atoms with Gasteiger partial charge in [0.2, 0.25) is 5.91 Å². The summed E-state index contributed by atoms with van der Waals surface area (Å²) < 4.78 is 11.1. The summed E-state index contributed by atoms with van der Waals surface area (Å²) >= 11 is 6.12. The van der Waals surface area contributed by atoms with E-state index in [1.165, 1.54) is 0 Å². The Morgan fingerprint density at radius 1 is 1.19 bits per heavy atom. The fourth-order valence-corrected chi connectivity index (χ4v) is 2.82. The molecule has 1 aliphatic rings. The summed E-state index contributed by atoms with van der Waals surface area (Å²) in [6.07, 6.45) is 0. The van der Waals surface area contributed by atoms with Crippen LogP contribution in [0.15, 0.2) is 48.5 Å². The number of rotatable bonds is 6. The second kappa shape index (κ2) is 10.4. The molecule has 1 heterocycles. The van der Waals surface area contributed by atoms with Crippen molar-refractivity contribution in [3.8, 4) is 5.75 Å². The molecule has 1 saturated heterocycles. The quantitative estimate of drug-likeness (QED) is 0.787. The predicted molar refractivity (Wildman–Crippen MR) is 104 cm³/mol. The van der Waals surface area contributed by atoms with E-state index in [-0.39, 0.29) is 24.4 Å². The van der Waals surface area contributed by atoms with Crippen LogP contribution in [0.2, 0.25) is 5.02 Å². The zero-order valence-corrected chi connectivity index (χ0v) is 15.8. The molecule has 0 saturated carbocycles. The van der Waals surface area contributed by atoms with Crippen LogP contribution in [-0.4, -0.2) is 31.7 Å². The van der Waals surface area contributed by atoms with Gasteiger partial charge in [-0.05, 0) is 23.3 Å². The zero-order valence-electron chi connectivity index (χ0n) is 14.2.